The van der Waals surface area contributed by atoms with E-state index in [1.165, 1.54) is 0 Å². The van der Waals surface area contributed by atoms with Crippen LogP contribution in [0.3, 0.4) is 0 Å². The lowest BCUT2D eigenvalue weighted by atomic mass is 10.2. The van der Waals surface area contributed by atoms with Crippen LogP contribution >= 0.6 is 0 Å². The second-order valence-corrected chi connectivity index (χ2v) is 3.33. The lowest BCUT2D eigenvalue weighted by Crippen LogP contribution is -2.25. The molecule has 0 unspecified atom stereocenters. The highest BCUT2D eigenvalue weighted by atomic mass is 15.2. The van der Waals surface area contributed by atoms with Gasteiger partial charge in [0.2, 0.25) is 0 Å². The molecule has 4 nitrogen and oxygen atoms in total. The molecule has 4 heteroatoms. The van der Waals surface area contributed by atoms with E-state index in [2.05, 4.69) is 16.9 Å². The molecule has 0 fully saturated rings. The summed E-state index contributed by atoms with van der Waals surface area (Å²) in [4.78, 5) is 10.4. The van der Waals surface area contributed by atoms with E-state index < -0.39 is 0 Å². The molecule has 0 amide bonds. The van der Waals surface area contributed by atoms with Gasteiger partial charge in [0.15, 0.2) is 0 Å². The number of anilines is 1. The zero-order valence-electron chi connectivity index (χ0n) is 8.90. The lowest BCUT2D eigenvalue weighted by molar-refractivity contribution is 0.838. The molecule has 1 aromatic rings. The first-order valence-corrected chi connectivity index (χ1v) is 5.00. The number of hydrogen-bond donors (Lipinski definition) is 1. The Labute approximate surface area is 85.2 Å². The van der Waals surface area contributed by atoms with E-state index in [9.17, 15) is 0 Å². The molecule has 0 aromatic carbocycles. The molecule has 14 heavy (non-hydrogen) atoms. The molecule has 1 rings (SSSR count). The summed E-state index contributed by atoms with van der Waals surface area (Å²) in [5.74, 6) is 0.953. The number of nitrogens with two attached hydrogens (primary N) is 1. The summed E-state index contributed by atoms with van der Waals surface area (Å²) < 4.78 is 0. The number of nitrogens with zero attached hydrogens (tertiary/aromatic N) is 3. The summed E-state index contributed by atoms with van der Waals surface area (Å²) in [5, 5.41) is 0. The van der Waals surface area contributed by atoms with Crippen LogP contribution < -0.4 is 10.6 Å². The zero-order chi connectivity index (χ0) is 10.4. The second kappa shape index (κ2) is 5.54. The fourth-order valence-electron chi connectivity index (χ4n) is 1.30. The minimum Gasteiger partial charge on any atom is -0.358 e. The van der Waals surface area contributed by atoms with Gasteiger partial charge in [-0.1, -0.05) is 13.3 Å². The van der Waals surface area contributed by atoms with E-state index in [-0.39, 0.29) is 0 Å². The maximum absolute atomic E-state index is 5.48. The quantitative estimate of drug-likeness (QED) is 0.754. The molecule has 2 N–H and O–H groups in total. The molecule has 0 aliphatic carbocycles. The molecule has 0 radical (unpaired) electrons. The third-order valence-corrected chi connectivity index (χ3v) is 2.07. The van der Waals surface area contributed by atoms with Crippen molar-refractivity contribution in [2.75, 3.05) is 25.0 Å². The summed E-state index contributed by atoms with van der Waals surface area (Å²) in [6.45, 7) is 3.61. The van der Waals surface area contributed by atoms with Crippen LogP contribution in [0, 0.1) is 0 Å². The van der Waals surface area contributed by atoms with E-state index in [0.29, 0.717) is 6.54 Å². The molecule has 0 aliphatic heterocycles. The molecule has 78 valence electrons. The molecule has 0 aliphatic rings. The Morgan fingerprint density at radius 2 is 2.21 bits per heavy atom. The Morgan fingerprint density at radius 1 is 1.43 bits per heavy atom. The van der Waals surface area contributed by atoms with Crippen molar-refractivity contribution in [2.24, 2.45) is 5.73 Å². The third kappa shape index (κ3) is 2.96. The molecular formula is C10H18N4. The van der Waals surface area contributed by atoms with Gasteiger partial charge < -0.3 is 10.6 Å². The molecule has 0 saturated heterocycles. The minimum atomic E-state index is 0.642. The van der Waals surface area contributed by atoms with E-state index in [1.807, 2.05) is 18.0 Å². The highest BCUT2D eigenvalue weighted by Crippen LogP contribution is 2.09. The van der Waals surface area contributed by atoms with Crippen molar-refractivity contribution < 1.29 is 0 Å². The van der Waals surface area contributed by atoms with Crippen molar-refractivity contribution in [2.45, 2.75) is 19.8 Å². The zero-order valence-corrected chi connectivity index (χ0v) is 8.90. The molecule has 0 bridgehead atoms. The Balaban J connectivity index is 2.71. The molecule has 1 heterocycles. The second-order valence-electron chi connectivity index (χ2n) is 3.33. The van der Waals surface area contributed by atoms with Crippen LogP contribution in [0.15, 0.2) is 12.4 Å². The Bertz CT molecular complexity index is 275. The van der Waals surface area contributed by atoms with Gasteiger partial charge in [0, 0.05) is 31.9 Å². The van der Waals surface area contributed by atoms with Gasteiger partial charge in [-0.15, -0.1) is 0 Å². The van der Waals surface area contributed by atoms with Crippen molar-refractivity contribution in [1.29, 1.82) is 0 Å². The fraction of sp³-hybridized carbons (Fsp3) is 0.600. The van der Waals surface area contributed by atoms with Crippen molar-refractivity contribution in [3.8, 4) is 0 Å². The number of hydrogen-bond acceptors (Lipinski definition) is 4. The molecule has 0 saturated carbocycles. The Morgan fingerprint density at radius 3 is 2.86 bits per heavy atom. The van der Waals surface area contributed by atoms with Gasteiger partial charge in [-0.3, -0.25) is 0 Å². The smallest absolute Gasteiger partial charge is 0.131 e. The lowest BCUT2D eigenvalue weighted by Gasteiger charge is -2.16. The van der Waals surface area contributed by atoms with Gasteiger partial charge in [0.05, 0.1) is 0 Å². The number of likely N-dealkylation sites (N-methyl/N-ethyl adjacent to an activating group) is 1. The summed E-state index contributed by atoms with van der Waals surface area (Å²) in [6.07, 6.45) is 3.73. The largest absolute Gasteiger partial charge is 0.358 e. The fourth-order valence-corrected chi connectivity index (χ4v) is 1.30. The Kier molecular flexibility index (Phi) is 4.32. The first-order valence-electron chi connectivity index (χ1n) is 5.00. The predicted octanol–water partition coefficient (Wildman–Crippen LogP) is 0.824. The van der Waals surface area contributed by atoms with Crippen molar-refractivity contribution >= 4 is 5.82 Å². The van der Waals surface area contributed by atoms with Crippen molar-refractivity contribution in [3.63, 3.8) is 0 Å². The molecule has 1 aromatic heterocycles. The first kappa shape index (κ1) is 10.9. The normalized spacial score (nSPS) is 10.2. The van der Waals surface area contributed by atoms with E-state index in [1.54, 1.807) is 6.33 Å². The number of rotatable bonds is 5. The highest BCUT2D eigenvalue weighted by Gasteiger charge is 2.02. The Hall–Kier alpha value is -1.16. The topological polar surface area (TPSA) is 55.0 Å². The van der Waals surface area contributed by atoms with Gasteiger partial charge in [0.1, 0.15) is 12.1 Å². The van der Waals surface area contributed by atoms with Crippen molar-refractivity contribution in [3.05, 3.63) is 18.1 Å². The van der Waals surface area contributed by atoms with Crippen molar-refractivity contribution in [1.82, 2.24) is 9.97 Å². The maximum Gasteiger partial charge on any atom is 0.131 e. The van der Waals surface area contributed by atoms with Gasteiger partial charge >= 0.3 is 0 Å². The van der Waals surface area contributed by atoms with E-state index >= 15 is 0 Å². The van der Waals surface area contributed by atoms with Crippen LogP contribution in [0.2, 0.25) is 0 Å². The molecule has 0 atom stereocenters. The third-order valence-electron chi connectivity index (χ3n) is 2.07. The van der Waals surface area contributed by atoms with Crippen LogP contribution in [-0.2, 0) is 6.42 Å². The predicted molar refractivity (Wildman–Crippen MR) is 58.4 cm³/mol. The van der Waals surface area contributed by atoms with Crippen LogP contribution in [-0.4, -0.2) is 30.1 Å². The van der Waals surface area contributed by atoms with Crippen LogP contribution in [0.5, 0.6) is 0 Å². The summed E-state index contributed by atoms with van der Waals surface area (Å²) in [7, 11) is 1.99. The molecule has 0 spiro atoms. The first-order chi connectivity index (χ1) is 6.77. The average Bonchev–Trinajstić information content (AvgIpc) is 2.19. The monoisotopic (exact) mass is 194 g/mol. The van der Waals surface area contributed by atoms with Gasteiger partial charge in [-0.2, -0.15) is 0 Å². The number of aryl methyl sites for hydroxylation is 1. The van der Waals surface area contributed by atoms with Crippen LogP contribution in [0.25, 0.3) is 0 Å². The standard InChI is InChI=1S/C10H18N4/c1-3-4-9-7-10(13-8-12-9)14(2)6-5-11/h7-8H,3-6,11H2,1-2H3. The van der Waals surface area contributed by atoms with Gasteiger partial charge in [0.25, 0.3) is 0 Å². The summed E-state index contributed by atoms with van der Waals surface area (Å²) in [5.41, 5.74) is 6.58. The van der Waals surface area contributed by atoms with Gasteiger partial charge in [-0.25, -0.2) is 9.97 Å². The minimum absolute atomic E-state index is 0.642. The van der Waals surface area contributed by atoms with Crippen LogP contribution in [0.1, 0.15) is 19.0 Å². The van der Waals surface area contributed by atoms with Gasteiger partial charge in [-0.05, 0) is 6.42 Å². The SMILES string of the molecule is CCCc1cc(N(C)CCN)ncn1. The average molecular weight is 194 g/mol. The van der Waals surface area contributed by atoms with E-state index in [4.69, 9.17) is 5.73 Å². The highest BCUT2D eigenvalue weighted by molar-refractivity contribution is 5.37. The maximum atomic E-state index is 5.48. The van der Waals surface area contributed by atoms with Crippen LogP contribution in [0.4, 0.5) is 5.82 Å². The summed E-state index contributed by atoms with van der Waals surface area (Å²) in [6, 6.07) is 2.03. The summed E-state index contributed by atoms with van der Waals surface area (Å²) >= 11 is 0. The number of aromatic nitrogens is 2. The molecular weight excluding hydrogens is 176 g/mol. The van der Waals surface area contributed by atoms with E-state index in [0.717, 1.165) is 30.9 Å².